The first-order valence-corrected chi connectivity index (χ1v) is 20.2. The molecule has 0 amide bonds. The Labute approximate surface area is 330 Å². The minimum atomic E-state index is 0.374. The van der Waals surface area contributed by atoms with Crippen molar-refractivity contribution in [3.63, 3.8) is 0 Å². The van der Waals surface area contributed by atoms with Gasteiger partial charge in [0.05, 0.1) is 5.69 Å². The van der Waals surface area contributed by atoms with E-state index in [0.29, 0.717) is 17.8 Å². The summed E-state index contributed by atoms with van der Waals surface area (Å²) >= 11 is 0. The van der Waals surface area contributed by atoms with Crippen LogP contribution in [0.15, 0.2) is 174 Å². The molecule has 56 heavy (non-hydrogen) atoms. The van der Waals surface area contributed by atoms with E-state index in [9.17, 15) is 0 Å². The van der Waals surface area contributed by atoms with E-state index in [1.54, 1.807) is 5.57 Å². The van der Waals surface area contributed by atoms with Gasteiger partial charge in [0.15, 0.2) is 0 Å². The van der Waals surface area contributed by atoms with Gasteiger partial charge < -0.3 is 4.90 Å². The van der Waals surface area contributed by atoms with Gasteiger partial charge in [0.1, 0.15) is 0 Å². The Bertz CT molecular complexity index is 3010. The molecule has 0 bridgehead atoms. The van der Waals surface area contributed by atoms with Gasteiger partial charge in [0.2, 0.25) is 0 Å². The second-order valence-corrected chi connectivity index (χ2v) is 16.7. The van der Waals surface area contributed by atoms with Crippen molar-refractivity contribution in [1.82, 2.24) is 0 Å². The molecule has 2 unspecified atom stereocenters. The molecule has 1 heteroatoms. The normalized spacial score (nSPS) is 20.3. The average Bonchev–Trinajstić information content (AvgIpc) is 3.70. The number of aryl methyl sites for hydroxylation is 2. The van der Waals surface area contributed by atoms with Crippen molar-refractivity contribution in [2.24, 2.45) is 17.8 Å². The summed E-state index contributed by atoms with van der Waals surface area (Å²) in [7, 11) is 0. The van der Waals surface area contributed by atoms with Crippen LogP contribution in [-0.4, -0.2) is 0 Å². The molecule has 0 heterocycles. The Morgan fingerprint density at radius 2 is 1.48 bits per heavy atom. The molecule has 6 aromatic rings. The third-order valence-electron chi connectivity index (χ3n) is 13.5. The molecule has 6 aromatic carbocycles. The van der Waals surface area contributed by atoms with Crippen molar-refractivity contribution in [3.8, 4) is 22.3 Å². The van der Waals surface area contributed by atoms with Crippen molar-refractivity contribution in [3.05, 3.63) is 196 Å². The topological polar surface area (TPSA) is 3.24 Å². The fraction of sp³-hybridized carbons (Fsp3) is 0.164. The highest BCUT2D eigenvalue weighted by Crippen LogP contribution is 2.58. The third kappa shape index (κ3) is 4.67. The standard InChI is InChI=1S/C55H45N/c1-7-31(2)24-33(4)35(6)56(52-23-20-32(3)25-34(52)5)53-30-50-39(46-28-48-42-18-10-14-37-15-11-19-43(55(37)42)49(48)29-51(46)53)22-21-38-26-45-40-16-8-12-36-13-9-17-41(54(36)40)47(45)27-44(38)50/h7-27,29-30,37,48,55H,1,28H2,2-6H3/b31-24-,35-33+/t37-,48?,55?/m1/s1. The molecule has 0 N–H and O–H groups in total. The summed E-state index contributed by atoms with van der Waals surface area (Å²) in [5, 5.41) is 7.98. The van der Waals surface area contributed by atoms with E-state index in [0.717, 1.165) is 12.0 Å². The number of rotatable bonds is 5. The average molecular weight is 720 g/mol. The molecular weight excluding hydrogens is 675 g/mol. The maximum atomic E-state index is 4.08. The summed E-state index contributed by atoms with van der Waals surface area (Å²) in [6, 6.07) is 32.8. The number of benzene rings is 6. The van der Waals surface area contributed by atoms with Gasteiger partial charge in [-0.2, -0.15) is 0 Å². The Hall–Kier alpha value is -6.18. The first-order chi connectivity index (χ1) is 27.3. The number of hydrogen-bond donors (Lipinski definition) is 0. The van der Waals surface area contributed by atoms with E-state index in [1.807, 2.05) is 6.08 Å². The summed E-state index contributed by atoms with van der Waals surface area (Å²) in [5.41, 5.74) is 21.4. The number of allylic oxidation sites excluding steroid dienone is 14. The molecule has 270 valence electrons. The van der Waals surface area contributed by atoms with E-state index in [4.69, 9.17) is 0 Å². The molecule has 0 radical (unpaired) electrons. The third-order valence-corrected chi connectivity index (χ3v) is 13.5. The quantitative estimate of drug-likeness (QED) is 0.126. The SMILES string of the molecule is C=C/C(C)=C\C(C)=C(/C)N(c1ccc(C)cc1C)c1cc2c(ccc3cc4c(cc32)-c2cccc3cccc-4c23)c2c1C=C1C3=CC=C[C@H]4C=CC=C(C1C2)C34. The lowest BCUT2D eigenvalue weighted by Gasteiger charge is -2.34. The molecule has 0 aromatic heterocycles. The van der Waals surface area contributed by atoms with Crippen LogP contribution in [0.2, 0.25) is 0 Å². The van der Waals surface area contributed by atoms with Crippen LogP contribution < -0.4 is 4.90 Å². The molecule has 0 saturated heterocycles. The van der Waals surface area contributed by atoms with Crippen molar-refractivity contribution < 1.29 is 0 Å². The molecule has 5 aliphatic rings. The Morgan fingerprint density at radius 1 is 0.714 bits per heavy atom. The van der Waals surface area contributed by atoms with Crippen molar-refractivity contribution in [2.75, 3.05) is 4.90 Å². The number of fused-ring (bicyclic) bond motifs is 11. The van der Waals surface area contributed by atoms with Crippen molar-refractivity contribution >= 4 is 49.8 Å². The zero-order valence-electron chi connectivity index (χ0n) is 32.9. The van der Waals surface area contributed by atoms with E-state index in [2.05, 4.69) is 180 Å². The maximum Gasteiger partial charge on any atom is 0.0540 e. The molecular formula is C55H45N. The van der Waals surface area contributed by atoms with E-state index >= 15 is 0 Å². The zero-order chi connectivity index (χ0) is 38.0. The molecule has 5 aliphatic carbocycles. The minimum absolute atomic E-state index is 0.374. The molecule has 0 aliphatic heterocycles. The zero-order valence-corrected chi connectivity index (χ0v) is 32.9. The van der Waals surface area contributed by atoms with Crippen LogP contribution in [0.1, 0.15) is 43.0 Å². The lowest BCUT2D eigenvalue weighted by Crippen LogP contribution is -2.21. The van der Waals surface area contributed by atoms with Gasteiger partial charge in [-0.1, -0.05) is 133 Å². The van der Waals surface area contributed by atoms with Crippen LogP contribution in [0.4, 0.5) is 11.4 Å². The summed E-state index contributed by atoms with van der Waals surface area (Å²) < 4.78 is 0. The predicted octanol–water partition coefficient (Wildman–Crippen LogP) is 14.8. The Kier molecular flexibility index (Phi) is 7.20. The van der Waals surface area contributed by atoms with Crippen LogP contribution in [0.3, 0.4) is 0 Å². The second kappa shape index (κ2) is 12.2. The van der Waals surface area contributed by atoms with Crippen molar-refractivity contribution in [1.29, 1.82) is 0 Å². The predicted molar refractivity (Wildman–Crippen MR) is 240 cm³/mol. The van der Waals surface area contributed by atoms with Crippen LogP contribution >= 0.6 is 0 Å². The summed E-state index contributed by atoms with van der Waals surface area (Å²) in [6.45, 7) is 15.2. The molecule has 0 spiro atoms. The first kappa shape index (κ1) is 33.2. The Balaban J connectivity index is 1.24. The van der Waals surface area contributed by atoms with E-state index in [1.165, 1.54) is 111 Å². The fourth-order valence-electron chi connectivity index (χ4n) is 10.8. The summed E-state index contributed by atoms with van der Waals surface area (Å²) in [5.74, 6) is 1.24. The largest absolute Gasteiger partial charge is 0.313 e. The molecule has 1 fully saturated rings. The van der Waals surface area contributed by atoms with Crippen LogP contribution in [0, 0.1) is 31.6 Å². The van der Waals surface area contributed by atoms with Crippen LogP contribution in [0.5, 0.6) is 0 Å². The van der Waals surface area contributed by atoms with Gasteiger partial charge in [-0.15, -0.1) is 0 Å². The highest BCUT2D eigenvalue weighted by Gasteiger charge is 2.45. The van der Waals surface area contributed by atoms with E-state index < -0.39 is 0 Å². The maximum absolute atomic E-state index is 4.08. The fourth-order valence-corrected chi connectivity index (χ4v) is 10.8. The lowest BCUT2D eigenvalue weighted by molar-refractivity contribution is 0.589. The van der Waals surface area contributed by atoms with Gasteiger partial charge in [-0.3, -0.25) is 0 Å². The van der Waals surface area contributed by atoms with Crippen LogP contribution in [0.25, 0.3) is 60.6 Å². The number of anilines is 2. The summed E-state index contributed by atoms with van der Waals surface area (Å²) in [4.78, 5) is 2.57. The van der Waals surface area contributed by atoms with Crippen LogP contribution in [-0.2, 0) is 6.42 Å². The minimum Gasteiger partial charge on any atom is -0.313 e. The van der Waals surface area contributed by atoms with Gasteiger partial charge >= 0.3 is 0 Å². The highest BCUT2D eigenvalue weighted by molar-refractivity contribution is 6.20. The smallest absolute Gasteiger partial charge is 0.0540 e. The monoisotopic (exact) mass is 719 g/mol. The Morgan fingerprint density at radius 3 is 2.25 bits per heavy atom. The van der Waals surface area contributed by atoms with Crippen molar-refractivity contribution in [2.45, 2.75) is 41.0 Å². The molecule has 1 nitrogen and oxygen atoms in total. The van der Waals surface area contributed by atoms with Gasteiger partial charge in [-0.05, 0) is 154 Å². The molecule has 11 rings (SSSR count). The second-order valence-electron chi connectivity index (χ2n) is 16.7. The van der Waals surface area contributed by atoms with Gasteiger partial charge in [0.25, 0.3) is 0 Å². The molecule has 1 saturated carbocycles. The highest BCUT2D eigenvalue weighted by atomic mass is 15.2. The lowest BCUT2D eigenvalue weighted by atomic mass is 9.77. The summed E-state index contributed by atoms with van der Waals surface area (Å²) in [6.07, 6.45) is 22.0. The number of nitrogens with zero attached hydrogens (tertiary/aromatic N) is 1. The van der Waals surface area contributed by atoms with Gasteiger partial charge in [-0.25, -0.2) is 0 Å². The number of hydrogen-bond acceptors (Lipinski definition) is 1. The van der Waals surface area contributed by atoms with E-state index in [-0.39, 0.29) is 0 Å². The first-order valence-electron chi connectivity index (χ1n) is 20.2. The van der Waals surface area contributed by atoms with Gasteiger partial charge in [0, 0.05) is 34.7 Å². The molecule has 3 atom stereocenters.